The maximum atomic E-state index is 12.1. The highest BCUT2D eigenvalue weighted by atomic mass is 16.5. The summed E-state index contributed by atoms with van der Waals surface area (Å²) in [6.45, 7) is 7.01. The van der Waals surface area contributed by atoms with Crippen molar-refractivity contribution in [3.8, 4) is 0 Å². The molecule has 1 atom stereocenters. The topological polar surface area (TPSA) is 60.2 Å². The van der Waals surface area contributed by atoms with E-state index >= 15 is 0 Å². The first-order valence-electron chi connectivity index (χ1n) is 5.93. The van der Waals surface area contributed by atoms with Gasteiger partial charge in [-0.25, -0.2) is 0 Å². The van der Waals surface area contributed by atoms with E-state index in [1.165, 1.54) is 0 Å². The fourth-order valence-corrected chi connectivity index (χ4v) is 2.00. The number of aryl methyl sites for hydroxylation is 2. The van der Waals surface area contributed by atoms with Crippen molar-refractivity contribution >= 4 is 11.6 Å². The lowest BCUT2D eigenvalue weighted by Gasteiger charge is -2.11. The minimum atomic E-state index is -0.179. The van der Waals surface area contributed by atoms with E-state index in [9.17, 15) is 9.59 Å². The molecule has 1 heterocycles. The highest BCUT2D eigenvalue weighted by Gasteiger charge is 2.23. The van der Waals surface area contributed by atoms with Crippen LogP contribution in [0.25, 0.3) is 0 Å². The van der Waals surface area contributed by atoms with Gasteiger partial charge in [0, 0.05) is 12.3 Å². The smallest absolute Gasteiger partial charge is 0.169 e. The van der Waals surface area contributed by atoms with Crippen LogP contribution < -0.4 is 0 Å². The number of hydrogen-bond donors (Lipinski definition) is 0. The Bertz CT molecular complexity index is 401. The van der Waals surface area contributed by atoms with Crippen molar-refractivity contribution in [2.24, 2.45) is 5.92 Å². The molecule has 1 aromatic heterocycles. The number of hydrogen-bond acceptors (Lipinski definition) is 4. The van der Waals surface area contributed by atoms with E-state index in [0.717, 1.165) is 12.8 Å². The molecule has 0 fully saturated rings. The summed E-state index contributed by atoms with van der Waals surface area (Å²) >= 11 is 0. The van der Waals surface area contributed by atoms with Crippen LogP contribution in [0.4, 0.5) is 0 Å². The van der Waals surface area contributed by atoms with Crippen molar-refractivity contribution in [1.29, 1.82) is 0 Å². The molecule has 0 saturated carbocycles. The van der Waals surface area contributed by atoms with Crippen LogP contribution in [-0.4, -0.2) is 16.7 Å². The second kappa shape index (κ2) is 5.75. The fraction of sp³-hybridized carbons (Fsp3) is 0.615. The maximum absolute atomic E-state index is 12.1. The third kappa shape index (κ3) is 3.25. The van der Waals surface area contributed by atoms with Crippen molar-refractivity contribution in [2.45, 2.75) is 47.0 Å². The van der Waals surface area contributed by atoms with Crippen LogP contribution in [0.15, 0.2) is 4.52 Å². The number of nitrogens with zero attached hydrogens (tertiary/aromatic N) is 1. The quantitative estimate of drug-likeness (QED) is 0.714. The molecule has 0 spiro atoms. The molecule has 4 nitrogen and oxygen atoms in total. The molecule has 17 heavy (non-hydrogen) atoms. The first-order valence-corrected chi connectivity index (χ1v) is 5.93. The van der Waals surface area contributed by atoms with Crippen LogP contribution in [0, 0.1) is 19.8 Å². The minimum Gasteiger partial charge on any atom is -0.361 e. The van der Waals surface area contributed by atoms with E-state index in [0.29, 0.717) is 17.0 Å². The van der Waals surface area contributed by atoms with Crippen molar-refractivity contribution < 1.29 is 14.1 Å². The second-order valence-corrected chi connectivity index (χ2v) is 4.42. The first-order chi connectivity index (χ1) is 7.97. The zero-order valence-electron chi connectivity index (χ0n) is 10.9. The fourth-order valence-electron chi connectivity index (χ4n) is 2.00. The molecule has 94 valence electrons. The van der Waals surface area contributed by atoms with Crippen molar-refractivity contribution in [3.63, 3.8) is 0 Å². The lowest BCUT2D eigenvalue weighted by atomic mass is 9.91. The average Bonchev–Trinajstić information content (AvgIpc) is 2.57. The number of ketones is 2. The van der Waals surface area contributed by atoms with Gasteiger partial charge in [0.2, 0.25) is 0 Å². The minimum absolute atomic E-state index is 0.0464. The number of carbonyl (C=O) groups excluding carboxylic acids is 2. The van der Waals surface area contributed by atoms with E-state index in [-0.39, 0.29) is 23.9 Å². The van der Waals surface area contributed by atoms with Crippen LogP contribution >= 0.6 is 0 Å². The van der Waals surface area contributed by atoms with Crippen LogP contribution in [-0.2, 0) is 4.79 Å². The van der Waals surface area contributed by atoms with Crippen molar-refractivity contribution in [2.75, 3.05) is 0 Å². The summed E-state index contributed by atoms with van der Waals surface area (Å²) < 4.78 is 4.96. The molecule has 1 unspecified atom stereocenters. The zero-order chi connectivity index (χ0) is 13.0. The average molecular weight is 237 g/mol. The monoisotopic (exact) mass is 237 g/mol. The lowest BCUT2D eigenvalue weighted by Crippen LogP contribution is -2.16. The van der Waals surface area contributed by atoms with Gasteiger partial charge in [-0.1, -0.05) is 18.5 Å². The zero-order valence-corrected chi connectivity index (χ0v) is 10.9. The van der Waals surface area contributed by atoms with Crippen LogP contribution in [0.1, 0.15) is 54.9 Å². The van der Waals surface area contributed by atoms with E-state index in [2.05, 4.69) is 5.16 Å². The molecule has 0 saturated heterocycles. The normalized spacial score (nSPS) is 12.5. The Hall–Kier alpha value is -1.45. The van der Waals surface area contributed by atoms with E-state index < -0.39 is 0 Å². The Morgan fingerprint density at radius 1 is 1.35 bits per heavy atom. The summed E-state index contributed by atoms with van der Waals surface area (Å²) in [6.07, 6.45) is 1.91. The Morgan fingerprint density at radius 2 is 2.00 bits per heavy atom. The predicted molar refractivity (Wildman–Crippen MR) is 64.0 cm³/mol. The van der Waals surface area contributed by atoms with E-state index in [4.69, 9.17) is 4.52 Å². The van der Waals surface area contributed by atoms with Crippen LogP contribution in [0.5, 0.6) is 0 Å². The largest absolute Gasteiger partial charge is 0.361 e. The molecular weight excluding hydrogens is 218 g/mol. The summed E-state index contributed by atoms with van der Waals surface area (Å²) in [4.78, 5) is 23.5. The molecule has 0 amide bonds. The van der Waals surface area contributed by atoms with Gasteiger partial charge in [0.05, 0.1) is 11.3 Å². The highest BCUT2D eigenvalue weighted by Crippen LogP contribution is 2.20. The lowest BCUT2D eigenvalue weighted by molar-refractivity contribution is -0.120. The summed E-state index contributed by atoms with van der Waals surface area (Å²) in [5.41, 5.74) is 1.14. The van der Waals surface area contributed by atoms with Gasteiger partial charge in [0.25, 0.3) is 0 Å². The van der Waals surface area contributed by atoms with Gasteiger partial charge in [-0.15, -0.1) is 0 Å². The Morgan fingerprint density at radius 3 is 2.41 bits per heavy atom. The molecule has 0 radical (unpaired) electrons. The Balaban J connectivity index is 2.81. The van der Waals surface area contributed by atoms with Gasteiger partial charge in [0.1, 0.15) is 11.5 Å². The molecule has 0 aromatic carbocycles. The van der Waals surface area contributed by atoms with E-state index in [1.54, 1.807) is 20.8 Å². The highest BCUT2D eigenvalue weighted by molar-refractivity contribution is 6.00. The van der Waals surface area contributed by atoms with Crippen LogP contribution in [0.2, 0.25) is 0 Å². The van der Waals surface area contributed by atoms with Crippen molar-refractivity contribution in [3.05, 3.63) is 17.0 Å². The standard InChI is InChI=1S/C13H19NO3/c1-5-6-11(9(3)15)7-12(16)13-8(2)14-17-10(13)4/h11H,5-7H2,1-4H3. The molecule has 4 heteroatoms. The summed E-state index contributed by atoms with van der Waals surface area (Å²) in [7, 11) is 0. The summed E-state index contributed by atoms with van der Waals surface area (Å²) in [5, 5.41) is 3.75. The van der Waals surface area contributed by atoms with Gasteiger partial charge in [-0.05, 0) is 27.2 Å². The number of carbonyl (C=O) groups is 2. The summed E-state index contributed by atoms with van der Waals surface area (Å²) in [6, 6.07) is 0. The second-order valence-electron chi connectivity index (χ2n) is 4.42. The van der Waals surface area contributed by atoms with Gasteiger partial charge >= 0.3 is 0 Å². The van der Waals surface area contributed by atoms with Gasteiger partial charge in [-0.3, -0.25) is 9.59 Å². The Kier molecular flexibility index (Phi) is 4.61. The third-order valence-electron chi connectivity index (χ3n) is 2.96. The molecule has 1 rings (SSSR count). The molecular formula is C13H19NO3. The van der Waals surface area contributed by atoms with E-state index in [1.807, 2.05) is 6.92 Å². The Labute approximate surface area is 101 Å². The summed E-state index contributed by atoms with van der Waals surface area (Å²) in [5.74, 6) is 0.384. The third-order valence-corrected chi connectivity index (χ3v) is 2.96. The molecule has 1 aromatic rings. The maximum Gasteiger partial charge on any atom is 0.169 e. The molecule has 0 N–H and O–H groups in total. The molecule has 0 aliphatic heterocycles. The van der Waals surface area contributed by atoms with Crippen LogP contribution in [0.3, 0.4) is 0 Å². The number of rotatable bonds is 6. The molecule has 0 aliphatic rings. The molecule has 0 bridgehead atoms. The molecule has 0 aliphatic carbocycles. The number of aromatic nitrogens is 1. The van der Waals surface area contributed by atoms with Gasteiger partial charge < -0.3 is 4.52 Å². The SMILES string of the molecule is CCCC(CC(=O)c1c(C)noc1C)C(C)=O. The first kappa shape index (κ1) is 13.6. The predicted octanol–water partition coefficient (Wildman–Crippen LogP) is 2.87. The van der Waals surface area contributed by atoms with Gasteiger partial charge in [0.15, 0.2) is 5.78 Å². The van der Waals surface area contributed by atoms with Crippen molar-refractivity contribution in [1.82, 2.24) is 5.16 Å². The number of Topliss-reactive ketones (excluding diaryl/α,β-unsaturated/α-hetero) is 2. The van der Waals surface area contributed by atoms with Gasteiger partial charge in [-0.2, -0.15) is 0 Å².